The minimum Gasteiger partial charge on any atom is -0.373 e. The molecular weight excluding hydrogens is 362 g/mol. The molecule has 0 aliphatic carbocycles. The Morgan fingerprint density at radius 1 is 1.19 bits per heavy atom. The molecule has 3 atom stereocenters. The zero-order valence-corrected chi connectivity index (χ0v) is 16.7. The van der Waals surface area contributed by atoms with Gasteiger partial charge < -0.3 is 4.74 Å². The van der Waals surface area contributed by atoms with E-state index in [0.717, 1.165) is 43.2 Å². The Hall–Kier alpha value is -1.54. The van der Waals surface area contributed by atoms with Crippen molar-refractivity contribution >= 4 is 20.8 Å². The summed E-state index contributed by atoms with van der Waals surface area (Å²) >= 11 is 0. The molecule has 0 bridgehead atoms. The molecule has 2 aliphatic heterocycles. The normalized spacial score (nSPS) is 28.0. The maximum atomic E-state index is 13.5. The fourth-order valence-electron chi connectivity index (χ4n) is 4.48. The van der Waals surface area contributed by atoms with E-state index in [-0.39, 0.29) is 18.2 Å². The zero-order valence-electron chi connectivity index (χ0n) is 15.9. The Morgan fingerprint density at radius 3 is 2.74 bits per heavy atom. The van der Waals surface area contributed by atoms with Gasteiger partial charge in [-0.3, -0.25) is 9.88 Å². The lowest BCUT2D eigenvalue weighted by Crippen LogP contribution is -2.50. The number of rotatable bonds is 4. The number of sulfonamides is 1. The van der Waals surface area contributed by atoms with Gasteiger partial charge in [-0.15, -0.1) is 0 Å². The maximum Gasteiger partial charge on any atom is 0.243 e. The summed E-state index contributed by atoms with van der Waals surface area (Å²) in [6, 6.07) is 7.22. The van der Waals surface area contributed by atoms with Crippen LogP contribution in [0.25, 0.3) is 10.8 Å². The second-order valence-corrected chi connectivity index (χ2v) is 9.60. The number of pyridine rings is 1. The summed E-state index contributed by atoms with van der Waals surface area (Å²) in [5.74, 6) is 0. The predicted octanol–water partition coefficient (Wildman–Crippen LogP) is 2.50. The molecule has 0 saturated carbocycles. The molecule has 1 aromatic heterocycles. The average Bonchev–Trinajstić information content (AvgIpc) is 3.09. The molecule has 27 heavy (non-hydrogen) atoms. The SMILES string of the molecule is C[C@@H]1CN(C[C@H]2CCCN2S(=O)(=O)c2cccc3cnccc23)C[C@H](C)O1. The van der Waals surface area contributed by atoms with Crippen LogP contribution in [-0.2, 0) is 14.8 Å². The highest BCUT2D eigenvalue weighted by Gasteiger charge is 2.37. The summed E-state index contributed by atoms with van der Waals surface area (Å²) in [4.78, 5) is 6.85. The standard InChI is InChI=1S/C20H27N3O3S/c1-15-12-22(13-16(2)26-15)14-18-6-4-10-23(18)27(24,25)20-7-3-5-17-11-21-9-8-19(17)20/h3,5,7-9,11,15-16,18H,4,6,10,12-14H2,1-2H3/t15-,16+,18-/m1/s1. The molecule has 4 rings (SSSR count). The quantitative estimate of drug-likeness (QED) is 0.804. The number of hydrogen-bond donors (Lipinski definition) is 0. The lowest BCUT2D eigenvalue weighted by molar-refractivity contribution is -0.0707. The van der Waals surface area contributed by atoms with Gasteiger partial charge in [0.25, 0.3) is 0 Å². The van der Waals surface area contributed by atoms with Crippen LogP contribution in [0.2, 0.25) is 0 Å². The minimum absolute atomic E-state index is 0.0181. The van der Waals surface area contributed by atoms with Crippen molar-refractivity contribution in [1.82, 2.24) is 14.2 Å². The van der Waals surface area contributed by atoms with Gasteiger partial charge in [0.2, 0.25) is 10.0 Å². The Balaban J connectivity index is 1.60. The summed E-state index contributed by atoms with van der Waals surface area (Å²) in [5, 5.41) is 1.59. The van der Waals surface area contributed by atoms with Crippen LogP contribution < -0.4 is 0 Å². The van der Waals surface area contributed by atoms with Gasteiger partial charge in [-0.1, -0.05) is 12.1 Å². The smallest absolute Gasteiger partial charge is 0.243 e. The second kappa shape index (κ2) is 7.47. The van der Waals surface area contributed by atoms with E-state index in [1.807, 2.05) is 6.07 Å². The number of ether oxygens (including phenoxy) is 1. The third-order valence-electron chi connectivity index (χ3n) is 5.51. The highest BCUT2D eigenvalue weighted by molar-refractivity contribution is 7.89. The highest BCUT2D eigenvalue weighted by Crippen LogP contribution is 2.31. The van der Waals surface area contributed by atoms with Crippen LogP contribution in [0, 0.1) is 0 Å². The molecule has 0 amide bonds. The lowest BCUT2D eigenvalue weighted by atomic mass is 10.1. The maximum absolute atomic E-state index is 13.5. The summed E-state index contributed by atoms with van der Waals surface area (Å²) in [6.45, 7) is 7.22. The lowest BCUT2D eigenvalue weighted by Gasteiger charge is -2.38. The van der Waals surface area contributed by atoms with Crippen LogP contribution in [0.15, 0.2) is 41.6 Å². The van der Waals surface area contributed by atoms with E-state index >= 15 is 0 Å². The predicted molar refractivity (Wildman–Crippen MR) is 105 cm³/mol. The van der Waals surface area contributed by atoms with Crippen molar-refractivity contribution in [1.29, 1.82) is 0 Å². The van der Waals surface area contributed by atoms with Crippen molar-refractivity contribution < 1.29 is 13.2 Å². The van der Waals surface area contributed by atoms with Crippen LogP contribution >= 0.6 is 0 Å². The number of morpholine rings is 1. The van der Waals surface area contributed by atoms with E-state index in [1.165, 1.54) is 0 Å². The Labute approximate surface area is 161 Å². The zero-order chi connectivity index (χ0) is 19.0. The number of aromatic nitrogens is 1. The van der Waals surface area contributed by atoms with Crippen LogP contribution in [-0.4, -0.2) is 67.0 Å². The van der Waals surface area contributed by atoms with Gasteiger partial charge in [-0.2, -0.15) is 4.31 Å². The van der Waals surface area contributed by atoms with Crippen LogP contribution in [0.5, 0.6) is 0 Å². The molecule has 0 unspecified atom stereocenters. The van der Waals surface area contributed by atoms with Gasteiger partial charge in [0.1, 0.15) is 0 Å². The summed E-state index contributed by atoms with van der Waals surface area (Å²) in [7, 11) is -3.54. The van der Waals surface area contributed by atoms with E-state index in [9.17, 15) is 8.42 Å². The number of benzene rings is 1. The van der Waals surface area contributed by atoms with E-state index in [2.05, 4.69) is 23.7 Å². The molecule has 0 radical (unpaired) electrons. The molecule has 1 aromatic carbocycles. The molecule has 3 heterocycles. The molecule has 2 fully saturated rings. The van der Waals surface area contributed by atoms with Gasteiger partial charge in [-0.25, -0.2) is 8.42 Å². The molecular formula is C20H27N3O3S. The van der Waals surface area contributed by atoms with Gasteiger partial charge in [0, 0.05) is 55.4 Å². The number of hydrogen-bond acceptors (Lipinski definition) is 5. The van der Waals surface area contributed by atoms with E-state index in [1.54, 1.807) is 34.9 Å². The highest BCUT2D eigenvalue weighted by atomic mass is 32.2. The Bertz CT molecular complexity index is 902. The Morgan fingerprint density at radius 2 is 1.96 bits per heavy atom. The summed E-state index contributed by atoms with van der Waals surface area (Å²) < 4.78 is 34.5. The molecule has 0 spiro atoms. The number of nitrogens with zero attached hydrogens (tertiary/aromatic N) is 3. The third-order valence-corrected chi connectivity index (χ3v) is 7.52. The fourth-order valence-corrected chi connectivity index (χ4v) is 6.38. The minimum atomic E-state index is -3.54. The second-order valence-electron chi connectivity index (χ2n) is 7.74. The van der Waals surface area contributed by atoms with Crippen molar-refractivity contribution in [2.24, 2.45) is 0 Å². The third kappa shape index (κ3) is 3.74. The summed E-state index contributed by atoms with van der Waals surface area (Å²) in [5.41, 5.74) is 0. The first-order chi connectivity index (χ1) is 12.9. The van der Waals surface area contributed by atoms with E-state index in [4.69, 9.17) is 4.74 Å². The monoisotopic (exact) mass is 389 g/mol. The van der Waals surface area contributed by atoms with Crippen molar-refractivity contribution in [3.05, 3.63) is 36.7 Å². The first-order valence-electron chi connectivity index (χ1n) is 9.67. The first kappa shape index (κ1) is 18.8. The van der Waals surface area contributed by atoms with Crippen molar-refractivity contribution in [3.8, 4) is 0 Å². The van der Waals surface area contributed by atoms with Crippen molar-refractivity contribution in [2.45, 2.75) is 49.8 Å². The van der Waals surface area contributed by atoms with Gasteiger partial charge in [0.05, 0.1) is 17.1 Å². The molecule has 146 valence electrons. The average molecular weight is 390 g/mol. The van der Waals surface area contributed by atoms with Crippen molar-refractivity contribution in [2.75, 3.05) is 26.2 Å². The van der Waals surface area contributed by atoms with Gasteiger partial charge in [0.15, 0.2) is 0 Å². The molecule has 7 heteroatoms. The number of fused-ring (bicyclic) bond motifs is 1. The van der Waals surface area contributed by atoms with E-state index < -0.39 is 10.0 Å². The van der Waals surface area contributed by atoms with Crippen LogP contribution in [0.1, 0.15) is 26.7 Å². The Kier molecular flexibility index (Phi) is 5.20. The summed E-state index contributed by atoms with van der Waals surface area (Å²) in [6.07, 6.45) is 5.56. The first-order valence-corrected chi connectivity index (χ1v) is 11.1. The fraction of sp³-hybridized carbons (Fsp3) is 0.550. The largest absolute Gasteiger partial charge is 0.373 e. The van der Waals surface area contributed by atoms with Gasteiger partial charge in [-0.05, 0) is 38.8 Å². The molecule has 2 aromatic rings. The molecule has 2 aliphatic rings. The van der Waals surface area contributed by atoms with E-state index in [0.29, 0.717) is 11.4 Å². The molecule has 2 saturated heterocycles. The molecule has 0 N–H and O–H groups in total. The molecule has 6 nitrogen and oxygen atoms in total. The van der Waals surface area contributed by atoms with Crippen LogP contribution in [0.3, 0.4) is 0 Å². The van der Waals surface area contributed by atoms with Gasteiger partial charge >= 0.3 is 0 Å². The van der Waals surface area contributed by atoms with Crippen molar-refractivity contribution in [3.63, 3.8) is 0 Å². The van der Waals surface area contributed by atoms with Crippen LogP contribution in [0.4, 0.5) is 0 Å². The topological polar surface area (TPSA) is 62.7 Å².